The minimum absolute atomic E-state index is 0.345. The van der Waals surface area contributed by atoms with E-state index in [1.165, 1.54) is 5.56 Å². The molecule has 1 aliphatic rings. The fourth-order valence-electron chi connectivity index (χ4n) is 3.45. The van der Waals surface area contributed by atoms with Gasteiger partial charge in [-0.1, -0.05) is 52.0 Å². The second-order valence-corrected chi connectivity index (χ2v) is 8.27. The van der Waals surface area contributed by atoms with Crippen LogP contribution >= 0.6 is 0 Å². The zero-order valence-corrected chi connectivity index (χ0v) is 19.9. The highest BCUT2D eigenvalue weighted by Gasteiger charge is 2.24. The van der Waals surface area contributed by atoms with E-state index in [-0.39, 0.29) is 5.97 Å². The minimum atomic E-state index is -0.521. The van der Waals surface area contributed by atoms with Crippen LogP contribution in [0, 0.1) is 0 Å². The molecule has 1 heterocycles. The van der Waals surface area contributed by atoms with E-state index in [1.807, 2.05) is 52.0 Å². The van der Waals surface area contributed by atoms with Crippen molar-refractivity contribution in [3.63, 3.8) is 0 Å². The largest absolute Gasteiger partial charge is 0.483 e. The Bertz CT molecular complexity index is 787. The van der Waals surface area contributed by atoms with Gasteiger partial charge in [0.05, 0.1) is 12.2 Å². The van der Waals surface area contributed by atoms with E-state index in [4.69, 9.17) is 14.2 Å². The van der Waals surface area contributed by atoms with Gasteiger partial charge < -0.3 is 14.2 Å². The maximum Gasteiger partial charge on any atom is 0.340 e. The van der Waals surface area contributed by atoms with Crippen LogP contribution in [0.3, 0.4) is 0 Å². The summed E-state index contributed by atoms with van der Waals surface area (Å²) >= 11 is 0. The van der Waals surface area contributed by atoms with E-state index in [9.17, 15) is 4.79 Å². The lowest BCUT2D eigenvalue weighted by atomic mass is 9.96. The molecule has 170 valence electrons. The van der Waals surface area contributed by atoms with Crippen LogP contribution in [0.4, 0.5) is 0 Å². The Labute approximate surface area is 187 Å². The number of hydrogen-bond donors (Lipinski definition) is 0. The van der Waals surface area contributed by atoms with Crippen LogP contribution in [-0.4, -0.2) is 18.9 Å². The first-order valence-electron chi connectivity index (χ1n) is 11.6. The van der Waals surface area contributed by atoms with Crippen molar-refractivity contribution in [1.82, 2.24) is 0 Å². The van der Waals surface area contributed by atoms with Crippen LogP contribution in [0.1, 0.15) is 94.6 Å². The Kier molecular flexibility index (Phi) is 9.57. The lowest BCUT2D eigenvalue weighted by molar-refractivity contribution is -0.131. The van der Waals surface area contributed by atoms with Crippen LogP contribution < -0.4 is 4.74 Å². The van der Waals surface area contributed by atoms with E-state index < -0.39 is 11.9 Å². The quantitative estimate of drug-likeness (QED) is 0.438. The average molecular weight is 427 g/mol. The third-order valence-corrected chi connectivity index (χ3v) is 5.63. The molecule has 1 fully saturated rings. The number of hydrogen-bond acceptors (Lipinski definition) is 4. The molecule has 2 unspecified atom stereocenters. The Morgan fingerprint density at radius 2 is 1.71 bits per heavy atom. The highest BCUT2D eigenvalue weighted by Crippen LogP contribution is 2.29. The SMILES string of the molecule is CC.CCC(C)c1ccc(OC(C)(C)c2ccc(C(=O)OC3CCCCO3)cc2)cc1. The highest BCUT2D eigenvalue weighted by atomic mass is 16.7. The fraction of sp³-hybridized carbons (Fsp3) is 0.519. The Morgan fingerprint density at radius 3 is 2.26 bits per heavy atom. The molecule has 31 heavy (non-hydrogen) atoms. The third-order valence-electron chi connectivity index (χ3n) is 5.63. The van der Waals surface area contributed by atoms with Gasteiger partial charge in [-0.3, -0.25) is 0 Å². The number of benzene rings is 2. The molecule has 0 spiro atoms. The van der Waals surface area contributed by atoms with Crippen LogP contribution in [0.2, 0.25) is 0 Å². The number of carbonyl (C=O) groups excluding carboxylic acids is 1. The van der Waals surface area contributed by atoms with Crippen molar-refractivity contribution < 1.29 is 19.0 Å². The molecule has 4 heteroatoms. The van der Waals surface area contributed by atoms with Crippen molar-refractivity contribution in [2.24, 2.45) is 0 Å². The number of rotatable bonds is 7. The van der Waals surface area contributed by atoms with Gasteiger partial charge in [-0.15, -0.1) is 0 Å². The first-order chi connectivity index (χ1) is 14.9. The monoisotopic (exact) mass is 426 g/mol. The van der Waals surface area contributed by atoms with Crippen molar-refractivity contribution in [1.29, 1.82) is 0 Å². The molecule has 2 aromatic rings. The molecule has 0 bridgehead atoms. The predicted octanol–water partition coefficient (Wildman–Crippen LogP) is 7.22. The van der Waals surface area contributed by atoms with Gasteiger partial charge in [0, 0.05) is 6.42 Å². The van der Waals surface area contributed by atoms with Crippen molar-refractivity contribution in [3.8, 4) is 5.75 Å². The summed E-state index contributed by atoms with van der Waals surface area (Å²) in [6.07, 6.45) is 3.52. The first-order valence-corrected chi connectivity index (χ1v) is 11.6. The molecule has 0 aromatic heterocycles. The summed E-state index contributed by atoms with van der Waals surface area (Å²) in [7, 11) is 0. The fourth-order valence-corrected chi connectivity index (χ4v) is 3.45. The summed E-state index contributed by atoms with van der Waals surface area (Å²) in [5, 5.41) is 0. The predicted molar refractivity (Wildman–Crippen MR) is 126 cm³/mol. The molecule has 0 radical (unpaired) electrons. The zero-order chi connectivity index (χ0) is 22.9. The molecule has 2 aromatic carbocycles. The topological polar surface area (TPSA) is 44.8 Å². The molecule has 3 rings (SSSR count). The van der Waals surface area contributed by atoms with Gasteiger partial charge in [0.25, 0.3) is 0 Å². The summed E-state index contributed by atoms with van der Waals surface area (Å²) in [5.74, 6) is 1.03. The van der Waals surface area contributed by atoms with Gasteiger partial charge in [-0.25, -0.2) is 4.79 Å². The maximum atomic E-state index is 12.3. The normalized spacial score (nSPS) is 17.2. The van der Waals surface area contributed by atoms with Crippen LogP contribution in [0.15, 0.2) is 48.5 Å². The standard InChI is InChI=1S/C25H32O4.C2H6/c1-5-18(2)19-11-15-22(16-12-19)29-25(3,4)21-13-9-20(10-14-21)24(26)28-23-8-6-7-17-27-23;1-2/h9-16,18,23H,5-8,17H2,1-4H3;1-2H3. The Balaban J connectivity index is 0.00000166. The second-order valence-electron chi connectivity index (χ2n) is 8.27. The van der Waals surface area contributed by atoms with E-state index in [0.29, 0.717) is 18.1 Å². The number of ether oxygens (including phenoxy) is 3. The summed E-state index contributed by atoms with van der Waals surface area (Å²) in [6, 6.07) is 15.7. The van der Waals surface area contributed by atoms with Gasteiger partial charge in [0.1, 0.15) is 11.4 Å². The molecule has 0 N–H and O–H groups in total. The Hall–Kier alpha value is -2.33. The summed E-state index contributed by atoms with van der Waals surface area (Å²) < 4.78 is 17.2. The lowest BCUT2D eigenvalue weighted by Gasteiger charge is -2.27. The Morgan fingerprint density at radius 1 is 1.06 bits per heavy atom. The molecular weight excluding hydrogens is 388 g/mol. The molecule has 2 atom stereocenters. The summed E-state index contributed by atoms with van der Waals surface area (Å²) in [4.78, 5) is 12.3. The third kappa shape index (κ3) is 7.10. The average Bonchev–Trinajstić information content (AvgIpc) is 2.81. The van der Waals surface area contributed by atoms with Gasteiger partial charge in [0.2, 0.25) is 6.29 Å². The molecular formula is C27H38O4. The van der Waals surface area contributed by atoms with Crippen LogP contribution in [0.5, 0.6) is 5.75 Å². The van der Waals surface area contributed by atoms with Crippen LogP contribution in [-0.2, 0) is 15.1 Å². The molecule has 0 saturated carbocycles. The number of carbonyl (C=O) groups is 1. The van der Waals surface area contributed by atoms with E-state index in [1.54, 1.807) is 12.1 Å². The van der Waals surface area contributed by atoms with Crippen molar-refractivity contribution in [2.75, 3.05) is 6.61 Å². The smallest absolute Gasteiger partial charge is 0.340 e. The van der Waals surface area contributed by atoms with Gasteiger partial charge in [-0.2, -0.15) is 0 Å². The molecule has 4 nitrogen and oxygen atoms in total. The van der Waals surface area contributed by atoms with Crippen molar-refractivity contribution >= 4 is 5.97 Å². The molecule has 0 amide bonds. The van der Waals surface area contributed by atoms with E-state index in [0.717, 1.165) is 37.0 Å². The number of esters is 1. The second kappa shape index (κ2) is 11.9. The summed E-state index contributed by atoms with van der Waals surface area (Å²) in [5.41, 5.74) is 2.32. The summed E-state index contributed by atoms with van der Waals surface area (Å²) in [6.45, 7) is 13.1. The van der Waals surface area contributed by atoms with Crippen molar-refractivity contribution in [3.05, 3.63) is 65.2 Å². The van der Waals surface area contributed by atoms with E-state index in [2.05, 4.69) is 26.0 Å². The van der Waals surface area contributed by atoms with Crippen molar-refractivity contribution in [2.45, 2.75) is 85.0 Å². The van der Waals surface area contributed by atoms with Gasteiger partial charge >= 0.3 is 5.97 Å². The maximum absolute atomic E-state index is 12.3. The molecule has 0 aliphatic carbocycles. The molecule has 1 aliphatic heterocycles. The highest BCUT2D eigenvalue weighted by molar-refractivity contribution is 5.89. The molecule has 1 saturated heterocycles. The van der Waals surface area contributed by atoms with Gasteiger partial charge in [0.15, 0.2) is 0 Å². The minimum Gasteiger partial charge on any atom is -0.483 e. The van der Waals surface area contributed by atoms with E-state index >= 15 is 0 Å². The first kappa shape index (κ1) is 24.9. The zero-order valence-electron chi connectivity index (χ0n) is 19.9. The van der Waals surface area contributed by atoms with Gasteiger partial charge in [-0.05, 0) is 74.4 Å². The lowest BCUT2D eigenvalue weighted by Crippen LogP contribution is -2.26. The van der Waals surface area contributed by atoms with Crippen LogP contribution in [0.25, 0.3) is 0 Å².